The zero-order valence-electron chi connectivity index (χ0n) is 9.21. The van der Waals surface area contributed by atoms with Gasteiger partial charge in [-0.25, -0.2) is 0 Å². The Hall–Kier alpha value is -0.570. The van der Waals surface area contributed by atoms with Crippen molar-refractivity contribution in [2.75, 3.05) is 20.2 Å². The Morgan fingerprint density at radius 2 is 2.29 bits per heavy atom. The Labute approximate surface area is 86.2 Å². The molecule has 0 aromatic carbocycles. The molecule has 0 bridgehead atoms. The molecule has 1 aliphatic carbocycles. The molecule has 0 aliphatic heterocycles. The van der Waals surface area contributed by atoms with E-state index in [-0.39, 0.29) is 5.97 Å². The number of methoxy groups -OCH3 is 1. The lowest BCUT2D eigenvalue weighted by Gasteiger charge is -2.10. The highest BCUT2D eigenvalue weighted by Gasteiger charge is 2.20. The molecule has 0 aromatic rings. The maximum absolute atomic E-state index is 10.8. The lowest BCUT2D eigenvalue weighted by Crippen LogP contribution is -2.24. The molecule has 2 atom stereocenters. The lowest BCUT2D eigenvalue weighted by atomic mass is 10.1. The van der Waals surface area contributed by atoms with Crippen molar-refractivity contribution in [3.63, 3.8) is 0 Å². The van der Waals surface area contributed by atoms with Gasteiger partial charge in [-0.2, -0.15) is 0 Å². The normalized spacial score (nSPS) is 26.4. The Morgan fingerprint density at radius 1 is 1.50 bits per heavy atom. The molecule has 1 fully saturated rings. The van der Waals surface area contributed by atoms with E-state index in [2.05, 4.69) is 17.0 Å². The zero-order chi connectivity index (χ0) is 10.4. The largest absolute Gasteiger partial charge is 0.469 e. The van der Waals surface area contributed by atoms with Gasteiger partial charge in [0.15, 0.2) is 0 Å². The van der Waals surface area contributed by atoms with Crippen LogP contribution in [0.4, 0.5) is 0 Å². The Morgan fingerprint density at radius 3 is 2.86 bits per heavy atom. The summed E-state index contributed by atoms with van der Waals surface area (Å²) in [4.78, 5) is 10.8. The molecule has 3 nitrogen and oxygen atoms in total. The van der Waals surface area contributed by atoms with Crippen molar-refractivity contribution >= 4 is 5.97 Å². The molecule has 14 heavy (non-hydrogen) atoms. The number of nitrogens with one attached hydrogen (secondary N) is 1. The summed E-state index contributed by atoms with van der Waals surface area (Å²) in [7, 11) is 1.43. The third-order valence-electron chi connectivity index (χ3n) is 2.97. The van der Waals surface area contributed by atoms with Crippen molar-refractivity contribution in [1.82, 2.24) is 5.32 Å². The quantitative estimate of drug-likeness (QED) is 0.539. The summed E-state index contributed by atoms with van der Waals surface area (Å²) in [5, 5.41) is 3.31. The maximum atomic E-state index is 10.8. The summed E-state index contributed by atoms with van der Waals surface area (Å²) >= 11 is 0. The summed E-state index contributed by atoms with van der Waals surface area (Å²) in [6.45, 7) is 4.12. The van der Waals surface area contributed by atoms with Gasteiger partial charge < -0.3 is 10.1 Å². The molecule has 1 aliphatic rings. The molecule has 0 radical (unpaired) electrons. The zero-order valence-corrected chi connectivity index (χ0v) is 9.21. The second-order valence-electron chi connectivity index (χ2n) is 4.31. The van der Waals surface area contributed by atoms with Gasteiger partial charge in [0.1, 0.15) is 0 Å². The molecule has 0 aromatic heterocycles. The molecule has 0 saturated heterocycles. The molecular formula is C11H21NO2. The minimum atomic E-state index is -0.128. The average Bonchev–Trinajstić information content (AvgIpc) is 2.58. The molecule has 0 heterocycles. The van der Waals surface area contributed by atoms with E-state index in [4.69, 9.17) is 0 Å². The van der Waals surface area contributed by atoms with Gasteiger partial charge in [-0.05, 0) is 31.2 Å². The predicted octanol–water partition coefficient (Wildman–Crippen LogP) is 1.58. The second-order valence-corrected chi connectivity index (χ2v) is 4.31. The number of hydrogen-bond donors (Lipinski definition) is 1. The molecule has 1 N–H and O–H groups in total. The standard InChI is InChI=1S/C11H21NO2/c1-9-3-4-10(7-9)8-12-6-5-11(13)14-2/h9-10,12H,3-8H2,1-2H3. The smallest absolute Gasteiger partial charge is 0.306 e. The summed E-state index contributed by atoms with van der Waals surface area (Å²) in [6.07, 6.45) is 4.53. The maximum Gasteiger partial charge on any atom is 0.306 e. The Balaban J connectivity index is 1.96. The monoisotopic (exact) mass is 199 g/mol. The molecule has 0 amide bonds. The van der Waals surface area contributed by atoms with Crippen LogP contribution in [-0.2, 0) is 9.53 Å². The van der Waals surface area contributed by atoms with Crippen LogP contribution in [0.25, 0.3) is 0 Å². The van der Waals surface area contributed by atoms with Crippen molar-refractivity contribution in [3.8, 4) is 0 Å². The number of esters is 1. The molecule has 2 unspecified atom stereocenters. The minimum absolute atomic E-state index is 0.128. The van der Waals surface area contributed by atoms with Crippen LogP contribution in [0.15, 0.2) is 0 Å². The fourth-order valence-electron chi connectivity index (χ4n) is 2.11. The molecule has 3 heteroatoms. The summed E-state index contributed by atoms with van der Waals surface area (Å²) in [6, 6.07) is 0. The van der Waals surface area contributed by atoms with Gasteiger partial charge in [-0.3, -0.25) is 4.79 Å². The first kappa shape index (κ1) is 11.5. The fraction of sp³-hybridized carbons (Fsp3) is 0.909. The van der Waals surface area contributed by atoms with Gasteiger partial charge in [-0.1, -0.05) is 13.3 Å². The highest BCUT2D eigenvalue weighted by molar-refractivity contribution is 5.69. The summed E-state index contributed by atoms with van der Waals surface area (Å²) in [5.41, 5.74) is 0. The third-order valence-corrected chi connectivity index (χ3v) is 2.97. The minimum Gasteiger partial charge on any atom is -0.469 e. The van der Waals surface area contributed by atoms with Crippen LogP contribution in [-0.4, -0.2) is 26.2 Å². The van der Waals surface area contributed by atoms with E-state index in [1.165, 1.54) is 26.4 Å². The number of rotatable bonds is 5. The second kappa shape index (κ2) is 6.02. The van der Waals surface area contributed by atoms with Crippen molar-refractivity contribution < 1.29 is 9.53 Å². The lowest BCUT2D eigenvalue weighted by molar-refractivity contribution is -0.140. The van der Waals surface area contributed by atoms with Crippen molar-refractivity contribution in [2.24, 2.45) is 11.8 Å². The summed E-state index contributed by atoms with van der Waals surface area (Å²) < 4.78 is 4.56. The van der Waals surface area contributed by atoms with Crippen LogP contribution < -0.4 is 5.32 Å². The van der Waals surface area contributed by atoms with Crippen LogP contribution in [0.1, 0.15) is 32.6 Å². The SMILES string of the molecule is COC(=O)CCNCC1CCC(C)C1. The number of carbonyl (C=O) groups is 1. The number of hydrogen-bond acceptors (Lipinski definition) is 3. The van der Waals surface area contributed by atoms with Gasteiger partial charge in [0, 0.05) is 6.54 Å². The predicted molar refractivity (Wildman–Crippen MR) is 56.0 cm³/mol. The molecule has 1 saturated carbocycles. The first-order chi connectivity index (χ1) is 6.72. The molecule has 0 spiro atoms. The average molecular weight is 199 g/mol. The van der Waals surface area contributed by atoms with E-state index in [1.54, 1.807) is 0 Å². The van der Waals surface area contributed by atoms with Crippen molar-refractivity contribution in [3.05, 3.63) is 0 Å². The van der Waals surface area contributed by atoms with E-state index >= 15 is 0 Å². The molecule has 82 valence electrons. The number of ether oxygens (including phenoxy) is 1. The third kappa shape index (κ3) is 4.09. The van der Waals surface area contributed by atoms with Gasteiger partial charge >= 0.3 is 5.97 Å². The van der Waals surface area contributed by atoms with Gasteiger partial charge in [0.25, 0.3) is 0 Å². The van der Waals surface area contributed by atoms with E-state index in [1.807, 2.05) is 0 Å². The highest BCUT2D eigenvalue weighted by Crippen LogP contribution is 2.29. The van der Waals surface area contributed by atoms with Gasteiger partial charge in [0.2, 0.25) is 0 Å². The van der Waals surface area contributed by atoms with Crippen molar-refractivity contribution in [2.45, 2.75) is 32.6 Å². The first-order valence-corrected chi connectivity index (χ1v) is 5.50. The fourth-order valence-corrected chi connectivity index (χ4v) is 2.11. The highest BCUT2D eigenvalue weighted by atomic mass is 16.5. The van der Waals surface area contributed by atoms with Crippen LogP contribution in [0, 0.1) is 11.8 Å². The van der Waals surface area contributed by atoms with Crippen LogP contribution in [0.2, 0.25) is 0 Å². The van der Waals surface area contributed by atoms with E-state index in [9.17, 15) is 4.79 Å². The van der Waals surface area contributed by atoms with Crippen LogP contribution in [0.3, 0.4) is 0 Å². The first-order valence-electron chi connectivity index (χ1n) is 5.50. The Kier molecular flexibility index (Phi) is 4.94. The van der Waals surface area contributed by atoms with Gasteiger partial charge in [0.05, 0.1) is 13.5 Å². The van der Waals surface area contributed by atoms with E-state index in [0.29, 0.717) is 6.42 Å². The molecule has 1 rings (SSSR count). The van der Waals surface area contributed by atoms with Gasteiger partial charge in [-0.15, -0.1) is 0 Å². The van der Waals surface area contributed by atoms with E-state index in [0.717, 1.165) is 24.9 Å². The number of carbonyl (C=O) groups excluding carboxylic acids is 1. The van der Waals surface area contributed by atoms with Crippen molar-refractivity contribution in [1.29, 1.82) is 0 Å². The Bertz CT molecular complexity index is 182. The van der Waals surface area contributed by atoms with Crippen LogP contribution in [0.5, 0.6) is 0 Å². The van der Waals surface area contributed by atoms with E-state index < -0.39 is 0 Å². The molecular weight excluding hydrogens is 178 g/mol. The van der Waals surface area contributed by atoms with Crippen LogP contribution >= 0.6 is 0 Å². The summed E-state index contributed by atoms with van der Waals surface area (Å²) in [5.74, 6) is 1.59. The topological polar surface area (TPSA) is 38.3 Å².